The Bertz CT molecular complexity index is 612. The Morgan fingerprint density at radius 3 is 2.57 bits per heavy atom. The number of hydrogen-bond acceptors (Lipinski definition) is 4. The smallest absolute Gasteiger partial charge is 0.161 e. The molecule has 0 aromatic heterocycles. The maximum Gasteiger partial charge on any atom is 0.161 e. The molecule has 2 rings (SSSR count). The van der Waals surface area contributed by atoms with Gasteiger partial charge in [0.15, 0.2) is 11.5 Å². The Kier molecular flexibility index (Phi) is 6.98. The van der Waals surface area contributed by atoms with E-state index in [1.807, 2.05) is 55.5 Å². The van der Waals surface area contributed by atoms with Crippen LogP contribution >= 0.6 is 0 Å². The summed E-state index contributed by atoms with van der Waals surface area (Å²) >= 11 is 0. The molecule has 0 spiro atoms. The Hall–Kier alpha value is -2.49. The second-order valence-corrected chi connectivity index (χ2v) is 5.08. The minimum atomic E-state index is 0.604. The molecular weight excluding hydrogens is 288 g/mol. The molecule has 4 heteroatoms. The molecule has 4 nitrogen and oxygen atoms in total. The summed E-state index contributed by atoms with van der Waals surface area (Å²) < 4.78 is 11.4. The molecule has 0 atom stereocenters. The first-order chi connectivity index (χ1) is 11.3. The Balaban J connectivity index is 2.02. The van der Waals surface area contributed by atoms with Gasteiger partial charge in [-0.25, -0.2) is 0 Å². The van der Waals surface area contributed by atoms with Gasteiger partial charge in [0.1, 0.15) is 0 Å². The van der Waals surface area contributed by atoms with Gasteiger partial charge < -0.3 is 9.47 Å². The molecule has 1 N–H and O–H groups in total. The first-order valence-electron chi connectivity index (χ1n) is 8.07. The van der Waals surface area contributed by atoms with Crippen molar-refractivity contribution in [2.75, 3.05) is 18.6 Å². The van der Waals surface area contributed by atoms with E-state index in [1.165, 1.54) is 0 Å². The number of nitrogens with one attached hydrogen (secondary N) is 1. The molecule has 2 aromatic carbocycles. The standard InChI is InChI=1S/C19H24N2O2/c1-3-5-13-23-18-12-11-16(14-19(18)22-4-2)15-20-21-17-9-7-6-8-10-17/h6-12,14-15,21H,3-5,13H2,1-2H3/b20-15+. The van der Waals surface area contributed by atoms with Crippen molar-refractivity contribution in [1.82, 2.24) is 0 Å². The van der Waals surface area contributed by atoms with Gasteiger partial charge >= 0.3 is 0 Å². The Morgan fingerprint density at radius 2 is 1.83 bits per heavy atom. The largest absolute Gasteiger partial charge is 0.490 e. The van der Waals surface area contributed by atoms with Crippen LogP contribution in [0.4, 0.5) is 5.69 Å². The first kappa shape index (κ1) is 16.9. The van der Waals surface area contributed by atoms with Crippen LogP contribution in [0, 0.1) is 0 Å². The Labute approximate surface area is 138 Å². The highest BCUT2D eigenvalue weighted by Gasteiger charge is 2.05. The van der Waals surface area contributed by atoms with Crippen molar-refractivity contribution in [3.63, 3.8) is 0 Å². The number of hydrogen-bond donors (Lipinski definition) is 1. The van der Waals surface area contributed by atoms with Crippen molar-refractivity contribution in [2.24, 2.45) is 5.10 Å². The lowest BCUT2D eigenvalue weighted by atomic mass is 10.2. The summed E-state index contributed by atoms with van der Waals surface area (Å²) in [5, 5.41) is 4.25. The van der Waals surface area contributed by atoms with Crippen LogP contribution in [-0.2, 0) is 0 Å². The van der Waals surface area contributed by atoms with E-state index in [2.05, 4.69) is 17.5 Å². The van der Waals surface area contributed by atoms with Crippen molar-refractivity contribution >= 4 is 11.9 Å². The molecule has 0 radical (unpaired) electrons. The third kappa shape index (κ3) is 5.66. The van der Waals surface area contributed by atoms with Gasteiger partial charge in [-0.2, -0.15) is 5.10 Å². The fourth-order valence-corrected chi connectivity index (χ4v) is 2.01. The normalized spacial score (nSPS) is 10.7. The van der Waals surface area contributed by atoms with Crippen LogP contribution in [0.2, 0.25) is 0 Å². The minimum Gasteiger partial charge on any atom is -0.490 e. The van der Waals surface area contributed by atoms with Crippen LogP contribution in [0.15, 0.2) is 53.6 Å². The molecule has 0 fully saturated rings. The van der Waals surface area contributed by atoms with Crippen LogP contribution in [0.3, 0.4) is 0 Å². The van der Waals surface area contributed by atoms with Gasteiger partial charge in [0, 0.05) is 0 Å². The van der Waals surface area contributed by atoms with E-state index in [0.717, 1.165) is 35.6 Å². The zero-order valence-electron chi connectivity index (χ0n) is 13.8. The molecule has 0 aliphatic rings. The van der Waals surface area contributed by atoms with E-state index < -0.39 is 0 Å². The van der Waals surface area contributed by atoms with Crippen LogP contribution in [0.1, 0.15) is 32.3 Å². The van der Waals surface area contributed by atoms with Crippen molar-refractivity contribution in [3.05, 3.63) is 54.1 Å². The highest BCUT2D eigenvalue weighted by atomic mass is 16.5. The summed E-state index contributed by atoms with van der Waals surface area (Å²) in [6.45, 7) is 5.42. The van der Waals surface area contributed by atoms with Crippen molar-refractivity contribution in [1.29, 1.82) is 0 Å². The molecule has 0 aliphatic carbocycles. The molecular formula is C19H24N2O2. The van der Waals surface area contributed by atoms with Crippen molar-refractivity contribution in [3.8, 4) is 11.5 Å². The number of ether oxygens (including phenoxy) is 2. The number of anilines is 1. The van der Waals surface area contributed by atoms with E-state index in [4.69, 9.17) is 9.47 Å². The van der Waals surface area contributed by atoms with E-state index in [0.29, 0.717) is 13.2 Å². The number of nitrogens with zero attached hydrogens (tertiary/aromatic N) is 1. The van der Waals surface area contributed by atoms with Crippen molar-refractivity contribution in [2.45, 2.75) is 26.7 Å². The maximum absolute atomic E-state index is 5.77. The lowest BCUT2D eigenvalue weighted by Gasteiger charge is -2.12. The van der Waals surface area contributed by atoms with Gasteiger partial charge in [-0.15, -0.1) is 0 Å². The predicted octanol–water partition coefficient (Wildman–Crippen LogP) is 4.71. The summed E-state index contributed by atoms with van der Waals surface area (Å²) in [6, 6.07) is 15.7. The fraction of sp³-hybridized carbons (Fsp3) is 0.316. The van der Waals surface area contributed by atoms with E-state index in [9.17, 15) is 0 Å². The molecule has 0 heterocycles. The minimum absolute atomic E-state index is 0.604. The van der Waals surface area contributed by atoms with Gasteiger partial charge in [0.05, 0.1) is 25.1 Å². The number of hydrazone groups is 1. The SMILES string of the molecule is CCCCOc1ccc(/C=N/Nc2ccccc2)cc1OCC. The molecule has 0 saturated carbocycles. The number of rotatable bonds is 9. The average molecular weight is 312 g/mol. The zero-order chi connectivity index (χ0) is 16.3. The van der Waals surface area contributed by atoms with Gasteiger partial charge in [0.25, 0.3) is 0 Å². The quantitative estimate of drug-likeness (QED) is 0.414. The second kappa shape index (κ2) is 9.51. The zero-order valence-corrected chi connectivity index (χ0v) is 13.8. The van der Waals surface area contributed by atoms with E-state index in [1.54, 1.807) is 6.21 Å². The number of unbranched alkanes of at least 4 members (excludes halogenated alkanes) is 1. The van der Waals surface area contributed by atoms with Gasteiger partial charge in [0.2, 0.25) is 0 Å². The third-order valence-electron chi connectivity index (χ3n) is 3.20. The summed E-state index contributed by atoms with van der Waals surface area (Å²) in [5.74, 6) is 1.54. The highest BCUT2D eigenvalue weighted by molar-refractivity contribution is 5.81. The maximum atomic E-state index is 5.77. The summed E-state index contributed by atoms with van der Waals surface area (Å²) in [6.07, 6.45) is 3.92. The molecule has 0 saturated heterocycles. The van der Waals surface area contributed by atoms with Crippen LogP contribution < -0.4 is 14.9 Å². The monoisotopic (exact) mass is 312 g/mol. The fourth-order valence-electron chi connectivity index (χ4n) is 2.01. The van der Waals surface area contributed by atoms with Gasteiger partial charge in [-0.05, 0) is 49.2 Å². The lowest BCUT2D eigenvalue weighted by molar-refractivity contribution is 0.272. The van der Waals surface area contributed by atoms with Crippen LogP contribution in [0.25, 0.3) is 0 Å². The van der Waals surface area contributed by atoms with Gasteiger partial charge in [-0.3, -0.25) is 5.43 Å². The molecule has 122 valence electrons. The summed E-state index contributed by atoms with van der Waals surface area (Å²) in [7, 11) is 0. The lowest BCUT2D eigenvalue weighted by Crippen LogP contribution is -2.01. The second-order valence-electron chi connectivity index (χ2n) is 5.08. The topological polar surface area (TPSA) is 42.8 Å². The number of para-hydroxylation sites is 1. The van der Waals surface area contributed by atoms with Gasteiger partial charge in [-0.1, -0.05) is 31.5 Å². The molecule has 0 bridgehead atoms. The van der Waals surface area contributed by atoms with E-state index >= 15 is 0 Å². The third-order valence-corrected chi connectivity index (χ3v) is 3.20. The number of benzene rings is 2. The summed E-state index contributed by atoms with van der Waals surface area (Å²) in [4.78, 5) is 0. The predicted molar refractivity (Wildman–Crippen MR) is 95.7 cm³/mol. The summed E-state index contributed by atoms with van der Waals surface area (Å²) in [5.41, 5.74) is 4.91. The molecule has 0 unspecified atom stereocenters. The highest BCUT2D eigenvalue weighted by Crippen LogP contribution is 2.28. The van der Waals surface area contributed by atoms with Crippen LogP contribution in [-0.4, -0.2) is 19.4 Å². The van der Waals surface area contributed by atoms with E-state index in [-0.39, 0.29) is 0 Å². The van der Waals surface area contributed by atoms with Crippen molar-refractivity contribution < 1.29 is 9.47 Å². The first-order valence-corrected chi connectivity index (χ1v) is 8.07. The van der Waals surface area contributed by atoms with Crippen LogP contribution in [0.5, 0.6) is 11.5 Å². The molecule has 2 aromatic rings. The molecule has 23 heavy (non-hydrogen) atoms. The average Bonchev–Trinajstić information content (AvgIpc) is 2.58. The Morgan fingerprint density at radius 1 is 1.00 bits per heavy atom. The molecule has 0 amide bonds. The molecule has 0 aliphatic heterocycles.